The standard InChI is InChI=1S/C13H23N3O/c1-9-7-5-6-8-13(9,14)10-15-11(17-16-10)12(2,3)4/h9H,5-8,14H2,1-4H3. The molecule has 1 fully saturated rings. The molecular formula is C13H23N3O. The third-order valence-electron chi connectivity index (χ3n) is 3.84. The summed E-state index contributed by atoms with van der Waals surface area (Å²) >= 11 is 0. The van der Waals surface area contributed by atoms with Gasteiger partial charge in [-0.2, -0.15) is 4.98 Å². The van der Waals surface area contributed by atoms with E-state index >= 15 is 0 Å². The van der Waals surface area contributed by atoms with Gasteiger partial charge in [-0.3, -0.25) is 0 Å². The van der Waals surface area contributed by atoms with Gasteiger partial charge in [-0.05, 0) is 18.8 Å². The minimum absolute atomic E-state index is 0.112. The predicted octanol–water partition coefficient (Wildman–Crippen LogP) is 2.73. The molecule has 2 N–H and O–H groups in total. The van der Waals surface area contributed by atoms with E-state index in [2.05, 4.69) is 37.8 Å². The Labute approximate surface area is 103 Å². The largest absolute Gasteiger partial charge is 0.339 e. The zero-order valence-electron chi connectivity index (χ0n) is 11.3. The number of hydrogen-bond donors (Lipinski definition) is 1. The summed E-state index contributed by atoms with van der Waals surface area (Å²) in [6, 6.07) is 0. The summed E-state index contributed by atoms with van der Waals surface area (Å²) in [6.45, 7) is 8.39. The molecule has 0 aromatic carbocycles. The van der Waals surface area contributed by atoms with Crippen molar-refractivity contribution in [3.05, 3.63) is 11.7 Å². The Morgan fingerprint density at radius 1 is 1.35 bits per heavy atom. The molecule has 1 aromatic heterocycles. The van der Waals surface area contributed by atoms with Gasteiger partial charge >= 0.3 is 0 Å². The molecule has 1 aromatic rings. The smallest absolute Gasteiger partial charge is 0.232 e. The zero-order chi connectivity index (χ0) is 12.7. The maximum Gasteiger partial charge on any atom is 0.232 e. The van der Waals surface area contributed by atoms with Crippen molar-refractivity contribution in [1.29, 1.82) is 0 Å². The summed E-state index contributed by atoms with van der Waals surface area (Å²) in [5.41, 5.74) is 5.99. The molecule has 96 valence electrons. The van der Waals surface area contributed by atoms with Crippen molar-refractivity contribution in [2.75, 3.05) is 0 Å². The van der Waals surface area contributed by atoms with Crippen molar-refractivity contribution in [1.82, 2.24) is 10.1 Å². The second-order valence-electron chi connectivity index (χ2n) is 6.36. The van der Waals surface area contributed by atoms with Gasteiger partial charge in [0.25, 0.3) is 0 Å². The first-order valence-corrected chi connectivity index (χ1v) is 6.47. The van der Waals surface area contributed by atoms with Gasteiger partial charge in [0.05, 0.1) is 5.54 Å². The highest BCUT2D eigenvalue weighted by molar-refractivity contribution is 5.10. The summed E-state index contributed by atoms with van der Waals surface area (Å²) in [5, 5.41) is 4.12. The first-order valence-electron chi connectivity index (χ1n) is 6.47. The second kappa shape index (κ2) is 4.09. The summed E-state index contributed by atoms with van der Waals surface area (Å²) < 4.78 is 5.35. The van der Waals surface area contributed by atoms with E-state index in [1.54, 1.807) is 0 Å². The van der Waals surface area contributed by atoms with Gasteiger partial charge in [0.2, 0.25) is 5.89 Å². The molecule has 1 aliphatic rings. The average molecular weight is 237 g/mol. The highest BCUT2D eigenvalue weighted by atomic mass is 16.5. The van der Waals surface area contributed by atoms with Crippen LogP contribution in [0.2, 0.25) is 0 Å². The van der Waals surface area contributed by atoms with Crippen molar-refractivity contribution in [2.45, 2.75) is 64.3 Å². The Hall–Kier alpha value is -0.900. The molecule has 0 spiro atoms. The normalized spacial score (nSPS) is 30.5. The molecule has 2 atom stereocenters. The quantitative estimate of drug-likeness (QED) is 0.815. The van der Waals surface area contributed by atoms with E-state index in [0.29, 0.717) is 17.6 Å². The van der Waals surface area contributed by atoms with Gasteiger partial charge in [-0.1, -0.05) is 45.7 Å². The Morgan fingerprint density at radius 2 is 2.06 bits per heavy atom. The number of hydrogen-bond acceptors (Lipinski definition) is 4. The molecule has 0 amide bonds. The zero-order valence-corrected chi connectivity index (χ0v) is 11.3. The van der Waals surface area contributed by atoms with Gasteiger partial charge in [-0.25, -0.2) is 0 Å². The van der Waals surface area contributed by atoms with Crippen molar-refractivity contribution < 1.29 is 4.52 Å². The number of nitrogens with zero attached hydrogens (tertiary/aromatic N) is 2. The summed E-state index contributed by atoms with van der Waals surface area (Å²) in [6.07, 6.45) is 4.51. The van der Waals surface area contributed by atoms with E-state index in [0.717, 1.165) is 19.3 Å². The summed E-state index contributed by atoms with van der Waals surface area (Å²) in [7, 11) is 0. The molecule has 0 saturated heterocycles. The molecule has 1 saturated carbocycles. The lowest BCUT2D eigenvalue weighted by molar-refractivity contribution is 0.189. The lowest BCUT2D eigenvalue weighted by Gasteiger charge is -2.36. The van der Waals surface area contributed by atoms with Crippen LogP contribution >= 0.6 is 0 Å². The minimum Gasteiger partial charge on any atom is -0.339 e. The van der Waals surface area contributed by atoms with Gasteiger partial charge in [0, 0.05) is 5.41 Å². The molecule has 2 rings (SSSR count). The number of rotatable bonds is 1. The molecule has 0 aliphatic heterocycles. The van der Waals surface area contributed by atoms with Crippen LogP contribution < -0.4 is 5.73 Å². The Bertz CT molecular complexity index is 394. The second-order valence-corrected chi connectivity index (χ2v) is 6.36. The monoisotopic (exact) mass is 237 g/mol. The first kappa shape index (κ1) is 12.6. The number of aromatic nitrogens is 2. The fraction of sp³-hybridized carbons (Fsp3) is 0.846. The average Bonchev–Trinajstić information content (AvgIpc) is 2.71. The lowest BCUT2D eigenvalue weighted by atomic mass is 9.74. The third kappa shape index (κ3) is 2.23. The van der Waals surface area contributed by atoms with Crippen LogP contribution in [0, 0.1) is 5.92 Å². The van der Waals surface area contributed by atoms with Crippen LogP contribution in [0.1, 0.15) is 65.1 Å². The molecular weight excluding hydrogens is 214 g/mol. The van der Waals surface area contributed by atoms with E-state index in [1.165, 1.54) is 6.42 Å². The molecule has 0 bridgehead atoms. The minimum atomic E-state index is -0.398. The third-order valence-corrected chi connectivity index (χ3v) is 3.84. The Kier molecular flexibility index (Phi) is 3.02. The van der Waals surface area contributed by atoms with Crippen LogP contribution in [0.3, 0.4) is 0 Å². The predicted molar refractivity (Wildman–Crippen MR) is 66.5 cm³/mol. The van der Waals surface area contributed by atoms with Crippen molar-refractivity contribution in [2.24, 2.45) is 11.7 Å². The molecule has 4 nitrogen and oxygen atoms in total. The summed E-state index contributed by atoms with van der Waals surface area (Å²) in [5.74, 6) is 1.78. The molecule has 1 aliphatic carbocycles. The Morgan fingerprint density at radius 3 is 2.59 bits per heavy atom. The van der Waals surface area contributed by atoms with E-state index in [4.69, 9.17) is 10.3 Å². The van der Waals surface area contributed by atoms with Crippen molar-refractivity contribution in [3.63, 3.8) is 0 Å². The highest BCUT2D eigenvalue weighted by Crippen LogP contribution is 2.38. The first-order chi connectivity index (χ1) is 7.84. The molecule has 1 heterocycles. The van der Waals surface area contributed by atoms with E-state index in [9.17, 15) is 0 Å². The molecule has 4 heteroatoms. The fourth-order valence-electron chi connectivity index (χ4n) is 2.42. The lowest BCUT2D eigenvalue weighted by Crippen LogP contribution is -2.46. The Balaban J connectivity index is 2.30. The maximum absolute atomic E-state index is 6.50. The molecule has 0 radical (unpaired) electrons. The maximum atomic E-state index is 6.50. The van der Waals surface area contributed by atoms with Gasteiger partial charge in [0.15, 0.2) is 5.82 Å². The molecule has 2 unspecified atom stereocenters. The van der Waals surface area contributed by atoms with E-state index in [1.807, 2.05) is 0 Å². The topological polar surface area (TPSA) is 64.9 Å². The van der Waals surface area contributed by atoms with Gasteiger partial charge in [0.1, 0.15) is 0 Å². The fourth-order valence-corrected chi connectivity index (χ4v) is 2.42. The van der Waals surface area contributed by atoms with E-state index in [-0.39, 0.29) is 5.41 Å². The van der Waals surface area contributed by atoms with Crippen LogP contribution in [0.25, 0.3) is 0 Å². The van der Waals surface area contributed by atoms with Crippen LogP contribution in [0.5, 0.6) is 0 Å². The van der Waals surface area contributed by atoms with Crippen LogP contribution in [0.4, 0.5) is 0 Å². The van der Waals surface area contributed by atoms with Crippen molar-refractivity contribution in [3.8, 4) is 0 Å². The highest BCUT2D eigenvalue weighted by Gasteiger charge is 2.40. The van der Waals surface area contributed by atoms with Crippen LogP contribution in [0.15, 0.2) is 4.52 Å². The van der Waals surface area contributed by atoms with Crippen molar-refractivity contribution >= 4 is 0 Å². The van der Waals surface area contributed by atoms with Crippen LogP contribution in [-0.2, 0) is 11.0 Å². The van der Waals surface area contributed by atoms with Crippen LogP contribution in [-0.4, -0.2) is 10.1 Å². The van der Waals surface area contributed by atoms with E-state index < -0.39 is 5.54 Å². The molecule has 17 heavy (non-hydrogen) atoms. The summed E-state index contributed by atoms with van der Waals surface area (Å²) in [4.78, 5) is 4.52. The number of nitrogens with two attached hydrogens (primary N) is 1. The van der Waals surface area contributed by atoms with Gasteiger partial charge in [-0.15, -0.1) is 0 Å². The SMILES string of the molecule is CC1CCCCC1(N)c1noc(C(C)(C)C)n1. The van der Waals surface area contributed by atoms with Gasteiger partial charge < -0.3 is 10.3 Å².